The van der Waals surface area contributed by atoms with E-state index in [4.69, 9.17) is 9.47 Å². The molecule has 0 aliphatic carbocycles. The van der Waals surface area contributed by atoms with Crippen LogP contribution in [0.5, 0.6) is 5.75 Å². The standard InChI is InChI=1S/C19H23NO3/c1-12-11-20(18(21)23-19(2,3)4)15-10-9-13-14(17(12)15)7-6-8-16(13)22-5/h6-10,12H,11H2,1-5H3. The largest absolute Gasteiger partial charge is 0.496 e. The van der Waals surface area contributed by atoms with Gasteiger partial charge in [0, 0.05) is 17.8 Å². The Morgan fingerprint density at radius 2 is 1.91 bits per heavy atom. The summed E-state index contributed by atoms with van der Waals surface area (Å²) < 4.78 is 11.0. The van der Waals surface area contributed by atoms with E-state index in [0.29, 0.717) is 6.54 Å². The topological polar surface area (TPSA) is 38.8 Å². The highest BCUT2D eigenvalue weighted by Gasteiger charge is 2.34. The summed E-state index contributed by atoms with van der Waals surface area (Å²) in [6, 6.07) is 10.0. The van der Waals surface area contributed by atoms with Crippen LogP contribution < -0.4 is 9.64 Å². The number of hydrogen-bond donors (Lipinski definition) is 0. The predicted octanol–water partition coefficient (Wildman–Crippen LogP) is 4.71. The molecule has 1 aliphatic rings. The van der Waals surface area contributed by atoms with E-state index < -0.39 is 5.60 Å². The second kappa shape index (κ2) is 5.44. The molecule has 2 aromatic rings. The molecule has 3 rings (SSSR count). The molecule has 0 saturated heterocycles. The van der Waals surface area contributed by atoms with E-state index >= 15 is 0 Å². The lowest BCUT2D eigenvalue weighted by Gasteiger charge is -2.25. The van der Waals surface area contributed by atoms with Crippen molar-refractivity contribution < 1.29 is 14.3 Å². The minimum absolute atomic E-state index is 0.258. The Morgan fingerprint density at radius 1 is 1.17 bits per heavy atom. The molecule has 4 heteroatoms. The van der Waals surface area contributed by atoms with Crippen molar-refractivity contribution in [3.63, 3.8) is 0 Å². The van der Waals surface area contributed by atoms with Gasteiger partial charge in [-0.1, -0.05) is 19.1 Å². The van der Waals surface area contributed by atoms with Crippen LogP contribution in [-0.4, -0.2) is 25.3 Å². The Morgan fingerprint density at radius 3 is 2.57 bits per heavy atom. The lowest BCUT2D eigenvalue weighted by atomic mass is 9.96. The van der Waals surface area contributed by atoms with Crippen LogP contribution in [0.15, 0.2) is 30.3 Å². The second-order valence-corrected chi connectivity index (χ2v) is 7.05. The van der Waals surface area contributed by atoms with E-state index in [-0.39, 0.29) is 12.0 Å². The Balaban J connectivity index is 2.08. The third-order valence-electron chi connectivity index (χ3n) is 4.11. The maximum atomic E-state index is 12.5. The van der Waals surface area contributed by atoms with Gasteiger partial charge in [-0.2, -0.15) is 0 Å². The number of anilines is 1. The number of methoxy groups -OCH3 is 1. The lowest BCUT2D eigenvalue weighted by Crippen LogP contribution is -2.36. The number of carbonyl (C=O) groups excluding carboxylic acids is 1. The van der Waals surface area contributed by atoms with Crippen LogP contribution >= 0.6 is 0 Å². The quantitative estimate of drug-likeness (QED) is 0.765. The van der Waals surface area contributed by atoms with Crippen molar-refractivity contribution >= 4 is 22.6 Å². The Labute approximate surface area is 137 Å². The molecule has 1 unspecified atom stereocenters. The molecule has 2 aromatic carbocycles. The smallest absolute Gasteiger partial charge is 0.414 e. The van der Waals surface area contributed by atoms with Gasteiger partial charge >= 0.3 is 6.09 Å². The van der Waals surface area contributed by atoms with Crippen LogP contribution in [0.1, 0.15) is 39.2 Å². The van der Waals surface area contributed by atoms with E-state index in [1.54, 1.807) is 12.0 Å². The number of fused-ring (bicyclic) bond motifs is 3. The number of amides is 1. The highest BCUT2D eigenvalue weighted by Crippen LogP contribution is 2.43. The number of ether oxygens (including phenoxy) is 2. The third-order valence-corrected chi connectivity index (χ3v) is 4.11. The summed E-state index contributed by atoms with van der Waals surface area (Å²) in [6.07, 6.45) is -0.287. The van der Waals surface area contributed by atoms with E-state index in [0.717, 1.165) is 22.2 Å². The SMILES string of the molecule is COc1cccc2c3c(ccc12)N(C(=O)OC(C)(C)C)CC3C. The number of hydrogen-bond acceptors (Lipinski definition) is 3. The van der Waals surface area contributed by atoms with Crippen LogP contribution in [0.2, 0.25) is 0 Å². The normalized spacial score (nSPS) is 17.3. The third kappa shape index (κ3) is 2.74. The zero-order valence-corrected chi connectivity index (χ0v) is 14.3. The van der Waals surface area contributed by atoms with E-state index in [1.165, 1.54) is 5.56 Å². The number of carbonyl (C=O) groups is 1. The first kappa shape index (κ1) is 15.7. The van der Waals surface area contributed by atoms with Crippen molar-refractivity contribution in [3.8, 4) is 5.75 Å². The van der Waals surface area contributed by atoms with Crippen molar-refractivity contribution in [1.29, 1.82) is 0 Å². The molecule has 23 heavy (non-hydrogen) atoms. The average Bonchev–Trinajstić information content (AvgIpc) is 2.82. The maximum absolute atomic E-state index is 12.5. The molecular formula is C19H23NO3. The molecule has 0 bridgehead atoms. The first-order valence-corrected chi connectivity index (χ1v) is 7.92. The summed E-state index contributed by atoms with van der Waals surface area (Å²) in [6.45, 7) is 8.44. The first-order chi connectivity index (χ1) is 10.8. The summed E-state index contributed by atoms with van der Waals surface area (Å²) in [5.74, 6) is 1.11. The fraction of sp³-hybridized carbons (Fsp3) is 0.421. The molecule has 0 aromatic heterocycles. The van der Waals surface area contributed by atoms with Gasteiger partial charge in [0.15, 0.2) is 0 Å². The highest BCUT2D eigenvalue weighted by atomic mass is 16.6. The molecule has 1 aliphatic heterocycles. The summed E-state index contributed by atoms with van der Waals surface area (Å²) in [4.78, 5) is 14.2. The summed E-state index contributed by atoms with van der Waals surface area (Å²) in [7, 11) is 1.68. The molecule has 1 atom stereocenters. The minimum atomic E-state index is -0.497. The molecule has 0 N–H and O–H groups in total. The van der Waals surface area contributed by atoms with Gasteiger partial charge in [0.25, 0.3) is 0 Å². The molecule has 1 amide bonds. The lowest BCUT2D eigenvalue weighted by molar-refractivity contribution is 0.0582. The van der Waals surface area contributed by atoms with E-state index in [1.807, 2.05) is 45.0 Å². The Kier molecular flexibility index (Phi) is 3.71. The average molecular weight is 313 g/mol. The van der Waals surface area contributed by atoms with Crippen molar-refractivity contribution in [1.82, 2.24) is 0 Å². The van der Waals surface area contributed by atoms with Crippen LogP contribution in [0.3, 0.4) is 0 Å². The highest BCUT2D eigenvalue weighted by molar-refractivity contribution is 6.00. The van der Waals surface area contributed by atoms with Gasteiger partial charge in [-0.25, -0.2) is 4.79 Å². The van der Waals surface area contributed by atoms with Gasteiger partial charge < -0.3 is 9.47 Å². The predicted molar refractivity (Wildman–Crippen MR) is 92.5 cm³/mol. The molecule has 1 heterocycles. The van der Waals surface area contributed by atoms with Gasteiger partial charge in [-0.3, -0.25) is 4.90 Å². The fourth-order valence-corrected chi connectivity index (χ4v) is 3.23. The van der Waals surface area contributed by atoms with Crippen molar-refractivity contribution in [2.24, 2.45) is 0 Å². The molecule has 0 radical (unpaired) electrons. The number of nitrogens with zero attached hydrogens (tertiary/aromatic N) is 1. The monoisotopic (exact) mass is 313 g/mol. The summed E-state index contributed by atoms with van der Waals surface area (Å²) >= 11 is 0. The van der Waals surface area contributed by atoms with Gasteiger partial charge in [0.05, 0.1) is 12.8 Å². The van der Waals surface area contributed by atoms with Crippen molar-refractivity contribution in [2.45, 2.75) is 39.2 Å². The van der Waals surface area contributed by atoms with Crippen LogP contribution in [0.4, 0.5) is 10.5 Å². The summed E-state index contributed by atoms with van der Waals surface area (Å²) in [5.41, 5.74) is 1.63. The van der Waals surface area contributed by atoms with Crippen LogP contribution in [-0.2, 0) is 4.74 Å². The zero-order chi connectivity index (χ0) is 16.8. The molecule has 4 nitrogen and oxygen atoms in total. The first-order valence-electron chi connectivity index (χ1n) is 7.92. The van der Waals surface area contributed by atoms with Crippen molar-refractivity contribution in [3.05, 3.63) is 35.9 Å². The van der Waals surface area contributed by atoms with E-state index in [9.17, 15) is 4.79 Å². The van der Waals surface area contributed by atoms with Crippen LogP contribution in [0, 0.1) is 0 Å². The summed E-state index contributed by atoms with van der Waals surface area (Å²) in [5, 5.41) is 2.21. The van der Waals surface area contributed by atoms with Gasteiger partial charge in [0.1, 0.15) is 11.4 Å². The molecule has 122 valence electrons. The van der Waals surface area contributed by atoms with Gasteiger partial charge in [-0.15, -0.1) is 0 Å². The molecule has 0 saturated carbocycles. The van der Waals surface area contributed by atoms with Crippen molar-refractivity contribution in [2.75, 3.05) is 18.6 Å². The number of rotatable bonds is 1. The fourth-order valence-electron chi connectivity index (χ4n) is 3.23. The molecular weight excluding hydrogens is 290 g/mol. The number of benzene rings is 2. The zero-order valence-electron chi connectivity index (χ0n) is 14.3. The van der Waals surface area contributed by atoms with Crippen LogP contribution in [0.25, 0.3) is 10.8 Å². The minimum Gasteiger partial charge on any atom is -0.496 e. The van der Waals surface area contributed by atoms with Gasteiger partial charge in [0.2, 0.25) is 0 Å². The maximum Gasteiger partial charge on any atom is 0.414 e. The molecule has 0 fully saturated rings. The van der Waals surface area contributed by atoms with Gasteiger partial charge in [-0.05, 0) is 49.9 Å². The Bertz CT molecular complexity index is 761. The Hall–Kier alpha value is -2.23. The molecule has 0 spiro atoms. The van der Waals surface area contributed by atoms with E-state index in [2.05, 4.69) is 13.0 Å². The second-order valence-electron chi connectivity index (χ2n) is 7.05.